The molecule has 2 atom stereocenters. The van der Waals surface area contributed by atoms with Crippen molar-refractivity contribution in [2.24, 2.45) is 10.4 Å². The molecule has 0 amide bonds. The molecule has 1 saturated heterocycles. The second-order valence-corrected chi connectivity index (χ2v) is 7.80. The topological polar surface area (TPSA) is 39.7 Å². The molecule has 1 aliphatic heterocycles. The number of nitrogens with one attached hydrogen (secondary N) is 2. The Morgan fingerprint density at radius 1 is 1.29 bits per heavy atom. The van der Waals surface area contributed by atoms with Crippen LogP contribution >= 0.6 is 0 Å². The zero-order valence-corrected chi connectivity index (χ0v) is 14.0. The molecule has 0 spiro atoms. The van der Waals surface area contributed by atoms with Crippen LogP contribution in [0.1, 0.15) is 58.8 Å². The lowest BCUT2D eigenvalue weighted by Crippen LogP contribution is -2.47. The molecule has 21 heavy (non-hydrogen) atoms. The highest BCUT2D eigenvalue weighted by Crippen LogP contribution is 2.36. The SMILES string of the molecule is CN=C(NCC1(C)CCCC1)NC1CC(C)N(C2CC2)C1. The van der Waals surface area contributed by atoms with Crippen LogP contribution in [0.25, 0.3) is 0 Å². The number of guanidine groups is 1. The smallest absolute Gasteiger partial charge is 0.191 e. The summed E-state index contributed by atoms with van der Waals surface area (Å²) in [6.45, 7) is 7.02. The van der Waals surface area contributed by atoms with Crippen LogP contribution in [0, 0.1) is 5.41 Å². The van der Waals surface area contributed by atoms with Gasteiger partial charge in [-0.3, -0.25) is 9.89 Å². The molecule has 0 aromatic rings. The molecular weight excluding hydrogens is 260 g/mol. The third kappa shape index (κ3) is 3.71. The van der Waals surface area contributed by atoms with E-state index in [1.165, 1.54) is 51.5 Å². The van der Waals surface area contributed by atoms with Crippen molar-refractivity contribution in [3.8, 4) is 0 Å². The highest BCUT2D eigenvalue weighted by molar-refractivity contribution is 5.80. The van der Waals surface area contributed by atoms with Crippen molar-refractivity contribution < 1.29 is 0 Å². The molecule has 3 aliphatic rings. The van der Waals surface area contributed by atoms with Gasteiger partial charge in [0.1, 0.15) is 0 Å². The van der Waals surface area contributed by atoms with Gasteiger partial charge in [-0.25, -0.2) is 0 Å². The predicted octanol–water partition coefficient (Wildman–Crippen LogP) is 2.36. The number of likely N-dealkylation sites (tertiary alicyclic amines) is 1. The Morgan fingerprint density at radius 3 is 2.62 bits per heavy atom. The van der Waals surface area contributed by atoms with E-state index in [1.807, 2.05) is 7.05 Å². The van der Waals surface area contributed by atoms with Crippen LogP contribution in [-0.2, 0) is 0 Å². The van der Waals surface area contributed by atoms with Gasteiger partial charge >= 0.3 is 0 Å². The second-order valence-electron chi connectivity index (χ2n) is 7.80. The lowest BCUT2D eigenvalue weighted by atomic mass is 9.89. The highest BCUT2D eigenvalue weighted by atomic mass is 15.3. The molecule has 2 aliphatic carbocycles. The summed E-state index contributed by atoms with van der Waals surface area (Å²) in [6.07, 6.45) is 9.54. The first-order valence-corrected chi connectivity index (χ1v) is 8.82. The molecule has 0 radical (unpaired) electrons. The van der Waals surface area contributed by atoms with E-state index in [0.29, 0.717) is 11.5 Å². The van der Waals surface area contributed by atoms with Gasteiger partial charge in [-0.1, -0.05) is 19.8 Å². The molecule has 2 N–H and O–H groups in total. The first-order valence-electron chi connectivity index (χ1n) is 8.82. The van der Waals surface area contributed by atoms with Gasteiger partial charge in [0.25, 0.3) is 0 Å². The summed E-state index contributed by atoms with van der Waals surface area (Å²) >= 11 is 0. The normalized spacial score (nSPS) is 33.4. The molecule has 3 fully saturated rings. The van der Waals surface area contributed by atoms with Gasteiger partial charge in [-0.05, 0) is 44.4 Å². The Labute approximate surface area is 129 Å². The van der Waals surface area contributed by atoms with E-state index in [4.69, 9.17) is 0 Å². The van der Waals surface area contributed by atoms with Crippen molar-refractivity contribution in [1.29, 1.82) is 0 Å². The van der Waals surface area contributed by atoms with Crippen molar-refractivity contribution in [3.05, 3.63) is 0 Å². The van der Waals surface area contributed by atoms with Crippen molar-refractivity contribution >= 4 is 5.96 Å². The quantitative estimate of drug-likeness (QED) is 0.617. The summed E-state index contributed by atoms with van der Waals surface area (Å²) in [6, 6.07) is 2.16. The number of nitrogens with zero attached hydrogens (tertiary/aromatic N) is 2. The zero-order valence-electron chi connectivity index (χ0n) is 14.0. The minimum absolute atomic E-state index is 0.473. The van der Waals surface area contributed by atoms with Gasteiger partial charge in [0, 0.05) is 38.3 Å². The van der Waals surface area contributed by atoms with Gasteiger partial charge < -0.3 is 10.6 Å². The van der Waals surface area contributed by atoms with Gasteiger partial charge in [-0.2, -0.15) is 0 Å². The lowest BCUT2D eigenvalue weighted by molar-refractivity contribution is 0.256. The molecule has 0 aromatic carbocycles. The second kappa shape index (κ2) is 6.15. The fraction of sp³-hybridized carbons (Fsp3) is 0.941. The maximum absolute atomic E-state index is 4.43. The lowest BCUT2D eigenvalue weighted by Gasteiger charge is -2.26. The third-order valence-corrected chi connectivity index (χ3v) is 5.70. The molecular formula is C17H32N4. The Balaban J connectivity index is 1.46. The predicted molar refractivity (Wildman–Crippen MR) is 88.7 cm³/mol. The van der Waals surface area contributed by atoms with Crippen LogP contribution in [0.4, 0.5) is 0 Å². The molecule has 0 aromatic heterocycles. The first kappa shape index (κ1) is 15.1. The Morgan fingerprint density at radius 2 is 2.00 bits per heavy atom. The standard InChI is InChI=1S/C17H32N4/c1-13-10-14(11-21(13)15-6-7-15)20-16(18-3)19-12-17(2)8-4-5-9-17/h13-15H,4-12H2,1-3H3,(H2,18,19,20). The van der Waals surface area contributed by atoms with E-state index < -0.39 is 0 Å². The number of hydrogen-bond donors (Lipinski definition) is 2. The highest BCUT2D eigenvalue weighted by Gasteiger charge is 2.39. The fourth-order valence-electron chi connectivity index (χ4n) is 4.17. The van der Waals surface area contributed by atoms with Crippen molar-refractivity contribution in [2.75, 3.05) is 20.1 Å². The van der Waals surface area contributed by atoms with Crippen LogP contribution < -0.4 is 10.6 Å². The van der Waals surface area contributed by atoms with Gasteiger partial charge in [0.15, 0.2) is 5.96 Å². The van der Waals surface area contributed by atoms with Crippen LogP contribution in [0.3, 0.4) is 0 Å². The van der Waals surface area contributed by atoms with Crippen LogP contribution in [0.15, 0.2) is 4.99 Å². The van der Waals surface area contributed by atoms with E-state index in [1.54, 1.807) is 0 Å². The van der Waals surface area contributed by atoms with E-state index in [0.717, 1.165) is 24.6 Å². The van der Waals surface area contributed by atoms with E-state index in [9.17, 15) is 0 Å². The van der Waals surface area contributed by atoms with Crippen molar-refractivity contribution in [3.63, 3.8) is 0 Å². The molecule has 3 rings (SSSR count). The molecule has 4 heteroatoms. The Bertz CT molecular complexity index is 382. The zero-order chi connectivity index (χ0) is 14.9. The van der Waals surface area contributed by atoms with E-state index >= 15 is 0 Å². The summed E-state index contributed by atoms with van der Waals surface area (Å²) in [4.78, 5) is 7.11. The molecule has 0 bridgehead atoms. The Hall–Kier alpha value is -0.770. The summed E-state index contributed by atoms with van der Waals surface area (Å²) in [5, 5.41) is 7.22. The Kier molecular flexibility index (Phi) is 4.43. The molecule has 4 nitrogen and oxygen atoms in total. The summed E-state index contributed by atoms with van der Waals surface area (Å²) < 4.78 is 0. The largest absolute Gasteiger partial charge is 0.356 e. The van der Waals surface area contributed by atoms with Crippen LogP contribution in [0.5, 0.6) is 0 Å². The van der Waals surface area contributed by atoms with Gasteiger partial charge in [0.2, 0.25) is 0 Å². The maximum atomic E-state index is 4.43. The monoisotopic (exact) mass is 292 g/mol. The maximum Gasteiger partial charge on any atom is 0.191 e. The summed E-state index contributed by atoms with van der Waals surface area (Å²) in [5.41, 5.74) is 0.473. The van der Waals surface area contributed by atoms with Crippen LogP contribution in [0.2, 0.25) is 0 Å². The van der Waals surface area contributed by atoms with Gasteiger partial charge in [-0.15, -0.1) is 0 Å². The molecule has 120 valence electrons. The average Bonchev–Trinajstić information content (AvgIpc) is 3.12. The number of aliphatic imine (C=N–C) groups is 1. The van der Waals surface area contributed by atoms with E-state index in [-0.39, 0.29) is 0 Å². The molecule has 1 heterocycles. The minimum atomic E-state index is 0.473. The summed E-state index contributed by atoms with van der Waals surface area (Å²) in [7, 11) is 1.89. The van der Waals surface area contributed by atoms with Gasteiger partial charge in [0.05, 0.1) is 0 Å². The third-order valence-electron chi connectivity index (χ3n) is 5.70. The number of hydrogen-bond acceptors (Lipinski definition) is 2. The first-order chi connectivity index (χ1) is 10.1. The fourth-order valence-corrected chi connectivity index (χ4v) is 4.17. The minimum Gasteiger partial charge on any atom is -0.356 e. The van der Waals surface area contributed by atoms with Crippen molar-refractivity contribution in [1.82, 2.24) is 15.5 Å². The van der Waals surface area contributed by atoms with Crippen molar-refractivity contribution in [2.45, 2.75) is 76.9 Å². The number of rotatable bonds is 4. The van der Waals surface area contributed by atoms with Crippen LogP contribution in [-0.4, -0.2) is 49.1 Å². The molecule has 2 saturated carbocycles. The molecule has 2 unspecified atom stereocenters. The summed E-state index contributed by atoms with van der Waals surface area (Å²) in [5.74, 6) is 0.998. The van der Waals surface area contributed by atoms with E-state index in [2.05, 4.69) is 34.4 Å². The average molecular weight is 292 g/mol.